The second-order valence-electron chi connectivity index (χ2n) is 23.1. The highest BCUT2D eigenvalue weighted by molar-refractivity contribution is 5.71. The van der Waals surface area contributed by atoms with Crippen LogP contribution in [0.25, 0.3) is 0 Å². The normalized spacial score (nSPS) is 12.7. The second kappa shape index (κ2) is 68.8. The highest BCUT2D eigenvalue weighted by Crippen LogP contribution is 2.17. The van der Waals surface area contributed by atoms with Gasteiger partial charge in [0.15, 0.2) is 6.10 Å². The number of allylic oxidation sites excluding steroid dienone is 16. The highest BCUT2D eigenvalue weighted by atomic mass is 16.6. The molecular weight excluding hydrogens is 997 g/mol. The van der Waals surface area contributed by atoms with Crippen molar-refractivity contribution in [3.05, 3.63) is 97.2 Å². The number of hydrogen-bond acceptors (Lipinski definition) is 6. The summed E-state index contributed by atoms with van der Waals surface area (Å²) in [5.74, 6) is -0.921. The fourth-order valence-electron chi connectivity index (χ4n) is 9.85. The number of rotatable bonds is 63. The number of esters is 3. The van der Waals surface area contributed by atoms with E-state index in [9.17, 15) is 14.4 Å². The lowest BCUT2D eigenvalue weighted by atomic mass is 10.0. The fourth-order valence-corrected chi connectivity index (χ4v) is 9.85. The third-order valence-corrected chi connectivity index (χ3v) is 15.0. The quantitative estimate of drug-likeness (QED) is 0.0261. The molecule has 0 spiro atoms. The van der Waals surface area contributed by atoms with E-state index in [0.717, 1.165) is 116 Å². The molecule has 0 radical (unpaired) electrons. The highest BCUT2D eigenvalue weighted by Gasteiger charge is 2.19. The van der Waals surface area contributed by atoms with Crippen LogP contribution in [0.15, 0.2) is 97.2 Å². The first-order valence-corrected chi connectivity index (χ1v) is 34.7. The summed E-state index contributed by atoms with van der Waals surface area (Å²) in [5.41, 5.74) is 0. The summed E-state index contributed by atoms with van der Waals surface area (Å²) < 4.78 is 16.9. The molecule has 6 heteroatoms. The van der Waals surface area contributed by atoms with E-state index < -0.39 is 6.10 Å². The maximum atomic E-state index is 12.9. The molecule has 466 valence electrons. The Bertz CT molecular complexity index is 1580. The van der Waals surface area contributed by atoms with Crippen LogP contribution in [-0.2, 0) is 28.6 Å². The molecule has 0 aromatic carbocycles. The summed E-state index contributed by atoms with van der Waals surface area (Å²) in [5, 5.41) is 0. The Morgan fingerprint density at radius 2 is 0.481 bits per heavy atom. The number of unbranched alkanes of at least 4 members (excludes halogenated alkanes) is 36. The van der Waals surface area contributed by atoms with Gasteiger partial charge in [-0.2, -0.15) is 0 Å². The first kappa shape index (κ1) is 77.3. The van der Waals surface area contributed by atoms with Crippen molar-refractivity contribution in [2.75, 3.05) is 13.2 Å². The van der Waals surface area contributed by atoms with Crippen LogP contribution in [0.2, 0.25) is 0 Å². The van der Waals surface area contributed by atoms with Crippen molar-refractivity contribution >= 4 is 17.9 Å². The van der Waals surface area contributed by atoms with E-state index in [4.69, 9.17) is 14.2 Å². The number of carbonyl (C=O) groups is 3. The Hall–Kier alpha value is -3.67. The van der Waals surface area contributed by atoms with E-state index >= 15 is 0 Å². The Morgan fingerprint density at radius 3 is 0.765 bits per heavy atom. The van der Waals surface area contributed by atoms with Gasteiger partial charge in [0, 0.05) is 19.3 Å². The summed E-state index contributed by atoms with van der Waals surface area (Å²) in [4.78, 5) is 38.4. The van der Waals surface area contributed by atoms with Crippen LogP contribution in [-0.4, -0.2) is 37.2 Å². The lowest BCUT2D eigenvalue weighted by molar-refractivity contribution is -0.167. The number of hydrogen-bond donors (Lipinski definition) is 0. The van der Waals surface area contributed by atoms with Gasteiger partial charge in [0.1, 0.15) is 13.2 Å². The molecule has 1 unspecified atom stereocenters. The van der Waals surface area contributed by atoms with Crippen LogP contribution in [0.1, 0.15) is 342 Å². The minimum Gasteiger partial charge on any atom is -0.462 e. The monoisotopic (exact) mass is 1130 g/mol. The standard InChI is InChI=1S/C75H130O6/c1-4-7-10-13-16-19-22-25-27-29-31-33-34-35-36-37-38-39-40-42-43-45-47-50-53-56-59-62-65-68-74(77)80-71-72(70-79-73(76)67-64-61-58-55-52-49-24-21-18-15-12-9-6-3)81-75(78)69-66-63-60-57-54-51-48-46-44-41-32-30-28-26-23-20-17-14-11-8-5-2/h9,12,18,21-23,25-26,29-32,44,46,49,52,72H,4-8,10-11,13-17,19-20,24,27-28,33-43,45,47-48,50-51,53-71H2,1-3H3/b12-9-,21-18-,25-22-,26-23-,31-29-,32-30-,46-44-,52-49-. The van der Waals surface area contributed by atoms with Gasteiger partial charge in [-0.3, -0.25) is 14.4 Å². The van der Waals surface area contributed by atoms with Crippen LogP contribution in [0, 0.1) is 0 Å². The van der Waals surface area contributed by atoms with Gasteiger partial charge in [-0.15, -0.1) is 0 Å². The molecule has 0 fully saturated rings. The van der Waals surface area contributed by atoms with E-state index in [1.807, 2.05) is 0 Å². The zero-order valence-electron chi connectivity index (χ0n) is 53.5. The zero-order valence-corrected chi connectivity index (χ0v) is 53.5. The average molecular weight is 1130 g/mol. The summed E-state index contributed by atoms with van der Waals surface area (Å²) in [7, 11) is 0. The first-order chi connectivity index (χ1) is 40.0. The summed E-state index contributed by atoms with van der Waals surface area (Å²) in [6.07, 6.45) is 93.0. The molecule has 0 bridgehead atoms. The second-order valence-corrected chi connectivity index (χ2v) is 23.1. The van der Waals surface area contributed by atoms with E-state index in [2.05, 4.69) is 118 Å². The smallest absolute Gasteiger partial charge is 0.306 e. The molecule has 0 aliphatic carbocycles. The molecule has 0 aromatic rings. The molecule has 0 rings (SSSR count). The maximum Gasteiger partial charge on any atom is 0.306 e. The van der Waals surface area contributed by atoms with E-state index in [1.54, 1.807) is 0 Å². The lowest BCUT2D eigenvalue weighted by Crippen LogP contribution is -2.30. The van der Waals surface area contributed by atoms with Crippen LogP contribution in [0.4, 0.5) is 0 Å². The van der Waals surface area contributed by atoms with Crippen molar-refractivity contribution in [2.45, 2.75) is 348 Å². The van der Waals surface area contributed by atoms with Crippen LogP contribution >= 0.6 is 0 Å². The molecule has 0 saturated heterocycles. The third-order valence-electron chi connectivity index (χ3n) is 15.0. The van der Waals surface area contributed by atoms with Gasteiger partial charge in [-0.1, -0.05) is 298 Å². The topological polar surface area (TPSA) is 78.9 Å². The molecular formula is C75H130O6. The predicted molar refractivity (Wildman–Crippen MR) is 353 cm³/mol. The van der Waals surface area contributed by atoms with Gasteiger partial charge in [-0.05, 0) is 122 Å². The van der Waals surface area contributed by atoms with Crippen molar-refractivity contribution in [3.63, 3.8) is 0 Å². The number of carbonyl (C=O) groups excluding carboxylic acids is 3. The van der Waals surface area contributed by atoms with Gasteiger partial charge in [0.2, 0.25) is 0 Å². The zero-order chi connectivity index (χ0) is 58.5. The summed E-state index contributed by atoms with van der Waals surface area (Å²) in [6.45, 7) is 6.50. The Balaban J connectivity index is 4.27. The first-order valence-electron chi connectivity index (χ1n) is 34.7. The molecule has 0 N–H and O–H groups in total. The Kier molecular flexibility index (Phi) is 65.7. The SMILES string of the molecule is CC/C=C\C/C=C\C/C=C\CCCCCC(=O)OCC(COC(=O)CCCCCCCCCCCCCCCCCCC/C=C\C/C=C\CCCCCCC)OC(=O)CCCCCCCC/C=C\C/C=C\C/C=C\CCCCCCC. The van der Waals surface area contributed by atoms with E-state index in [-0.39, 0.29) is 31.1 Å². The van der Waals surface area contributed by atoms with Gasteiger partial charge in [0.25, 0.3) is 0 Å². The average Bonchev–Trinajstić information content (AvgIpc) is 3.46. The molecule has 6 nitrogen and oxygen atoms in total. The molecule has 81 heavy (non-hydrogen) atoms. The summed E-state index contributed by atoms with van der Waals surface area (Å²) in [6, 6.07) is 0. The van der Waals surface area contributed by atoms with E-state index in [0.29, 0.717) is 19.3 Å². The van der Waals surface area contributed by atoms with Crippen LogP contribution in [0.3, 0.4) is 0 Å². The molecule has 0 aliphatic rings. The van der Waals surface area contributed by atoms with Gasteiger partial charge >= 0.3 is 17.9 Å². The maximum absolute atomic E-state index is 12.9. The Morgan fingerprint density at radius 1 is 0.259 bits per heavy atom. The van der Waals surface area contributed by atoms with Crippen molar-refractivity contribution in [1.29, 1.82) is 0 Å². The van der Waals surface area contributed by atoms with Gasteiger partial charge in [0.05, 0.1) is 0 Å². The van der Waals surface area contributed by atoms with Crippen LogP contribution < -0.4 is 0 Å². The minimum absolute atomic E-state index is 0.0908. The molecule has 0 heterocycles. The minimum atomic E-state index is -0.798. The summed E-state index contributed by atoms with van der Waals surface area (Å²) >= 11 is 0. The molecule has 0 saturated carbocycles. The van der Waals surface area contributed by atoms with Crippen LogP contribution in [0.5, 0.6) is 0 Å². The lowest BCUT2D eigenvalue weighted by Gasteiger charge is -2.18. The molecule has 0 amide bonds. The number of ether oxygens (including phenoxy) is 3. The molecule has 1 atom stereocenters. The van der Waals surface area contributed by atoms with Gasteiger partial charge in [-0.25, -0.2) is 0 Å². The molecule has 0 aliphatic heterocycles. The third kappa shape index (κ3) is 67.0. The largest absolute Gasteiger partial charge is 0.462 e. The fraction of sp³-hybridized carbons (Fsp3) is 0.747. The van der Waals surface area contributed by atoms with Crippen molar-refractivity contribution in [1.82, 2.24) is 0 Å². The van der Waals surface area contributed by atoms with E-state index in [1.165, 1.54) is 186 Å². The predicted octanol–water partition coefficient (Wildman–Crippen LogP) is 24.0. The van der Waals surface area contributed by atoms with Crippen molar-refractivity contribution in [3.8, 4) is 0 Å². The van der Waals surface area contributed by atoms with Crippen molar-refractivity contribution in [2.24, 2.45) is 0 Å². The molecule has 0 aromatic heterocycles. The van der Waals surface area contributed by atoms with Crippen molar-refractivity contribution < 1.29 is 28.6 Å². The Labute approximate surface area is 502 Å². The van der Waals surface area contributed by atoms with Gasteiger partial charge < -0.3 is 14.2 Å².